The molecule has 0 saturated heterocycles. The number of rotatable bonds is 7. The number of fused-ring (bicyclic) bond motifs is 1. The maximum absolute atomic E-state index is 14.4. The second kappa shape index (κ2) is 10.1. The average Bonchev–Trinajstić information content (AvgIpc) is 2.77. The Bertz CT molecular complexity index is 1310. The molecule has 3 rings (SSSR count). The highest BCUT2D eigenvalue weighted by Gasteiger charge is 2.28. The minimum absolute atomic E-state index is 0.175. The minimum Gasteiger partial charge on any atom is -0.393 e. The fourth-order valence-corrected chi connectivity index (χ4v) is 3.43. The number of ether oxygens (including phenoxy) is 1. The van der Waals surface area contributed by atoms with Crippen molar-refractivity contribution in [1.29, 1.82) is 0 Å². The Morgan fingerprint density at radius 1 is 1.09 bits per heavy atom. The van der Waals surface area contributed by atoms with Crippen molar-refractivity contribution in [3.8, 4) is 0 Å². The first-order chi connectivity index (χ1) is 16.0. The third-order valence-corrected chi connectivity index (χ3v) is 5.39. The summed E-state index contributed by atoms with van der Waals surface area (Å²) in [5.74, 6) is -3.16. The molecule has 3 aromatic rings. The number of carbonyl (C=O) groups excluding carboxylic acids is 3. The van der Waals surface area contributed by atoms with Gasteiger partial charge in [-0.25, -0.2) is 9.49 Å². The second-order valence-electron chi connectivity index (χ2n) is 9.43. The zero-order valence-electron chi connectivity index (χ0n) is 19.6. The molecule has 8 heteroatoms. The van der Waals surface area contributed by atoms with Crippen molar-refractivity contribution >= 4 is 28.5 Å². The largest absolute Gasteiger partial charge is 0.393 e. The van der Waals surface area contributed by atoms with Crippen molar-refractivity contribution in [3.05, 3.63) is 75.5 Å². The second-order valence-corrected chi connectivity index (χ2v) is 9.43. The van der Waals surface area contributed by atoms with Gasteiger partial charge in [-0.3, -0.25) is 19.2 Å². The van der Waals surface area contributed by atoms with Crippen LogP contribution in [-0.4, -0.2) is 27.9 Å². The molecule has 0 saturated carbocycles. The number of esters is 2. The Morgan fingerprint density at radius 2 is 1.76 bits per heavy atom. The number of nitrogens with zero attached hydrogens (tertiary/aromatic N) is 1. The predicted octanol–water partition coefficient (Wildman–Crippen LogP) is 3.91. The van der Waals surface area contributed by atoms with E-state index in [1.165, 1.54) is 13.0 Å². The van der Waals surface area contributed by atoms with Crippen molar-refractivity contribution in [2.24, 2.45) is 11.3 Å². The van der Waals surface area contributed by atoms with Crippen molar-refractivity contribution in [2.45, 2.75) is 47.0 Å². The quantitative estimate of drug-likeness (QED) is 0.418. The highest BCUT2D eigenvalue weighted by Crippen LogP contribution is 2.21. The number of ketones is 1. The Morgan fingerprint density at radius 3 is 2.44 bits per heavy atom. The zero-order valence-corrected chi connectivity index (χ0v) is 19.6. The number of hydrogen-bond donors (Lipinski definition) is 1. The van der Waals surface area contributed by atoms with Crippen LogP contribution in [0.25, 0.3) is 10.8 Å². The summed E-state index contributed by atoms with van der Waals surface area (Å²) in [6.07, 6.45) is -0.0489. The van der Waals surface area contributed by atoms with Gasteiger partial charge in [-0.1, -0.05) is 37.3 Å². The molecule has 0 aliphatic rings. The van der Waals surface area contributed by atoms with Gasteiger partial charge < -0.3 is 4.74 Å². The summed E-state index contributed by atoms with van der Waals surface area (Å²) in [6.45, 7) is 6.37. The number of H-pyrrole nitrogens is 1. The van der Waals surface area contributed by atoms with Gasteiger partial charge in [0.2, 0.25) is 0 Å². The van der Waals surface area contributed by atoms with Gasteiger partial charge in [-0.15, -0.1) is 0 Å². The van der Waals surface area contributed by atoms with E-state index in [9.17, 15) is 23.6 Å². The molecule has 0 spiro atoms. The lowest BCUT2D eigenvalue weighted by atomic mass is 9.96. The number of aromatic nitrogens is 2. The van der Waals surface area contributed by atoms with Gasteiger partial charge >= 0.3 is 11.9 Å². The summed E-state index contributed by atoms with van der Waals surface area (Å²) in [4.78, 5) is 48.6. The van der Waals surface area contributed by atoms with E-state index in [0.29, 0.717) is 22.9 Å². The molecule has 1 atom stereocenters. The van der Waals surface area contributed by atoms with Gasteiger partial charge in [0.25, 0.3) is 5.56 Å². The first-order valence-corrected chi connectivity index (χ1v) is 11.0. The molecular weight excluding hydrogens is 439 g/mol. The molecule has 178 valence electrons. The molecule has 0 fully saturated rings. The van der Waals surface area contributed by atoms with Crippen molar-refractivity contribution in [1.82, 2.24) is 10.2 Å². The molecule has 1 aromatic heterocycles. The smallest absolute Gasteiger partial charge is 0.318 e. The number of hydrogen-bond acceptors (Lipinski definition) is 6. The van der Waals surface area contributed by atoms with Crippen molar-refractivity contribution in [3.63, 3.8) is 0 Å². The fraction of sp³-hybridized carbons (Fsp3) is 0.346. The van der Waals surface area contributed by atoms with Crippen LogP contribution in [0.4, 0.5) is 4.39 Å². The molecule has 0 radical (unpaired) electrons. The average molecular weight is 467 g/mol. The van der Waals surface area contributed by atoms with Gasteiger partial charge in [-0.05, 0) is 44.0 Å². The normalized spacial score (nSPS) is 12.4. The number of aromatic amines is 1. The number of Topliss-reactive ketones (excluding diaryl/α,β-unsaturated/α-hetero) is 1. The molecule has 0 amide bonds. The molecule has 34 heavy (non-hydrogen) atoms. The molecule has 0 aliphatic carbocycles. The Labute approximate surface area is 196 Å². The van der Waals surface area contributed by atoms with Crippen LogP contribution in [0.2, 0.25) is 0 Å². The Balaban J connectivity index is 1.70. The summed E-state index contributed by atoms with van der Waals surface area (Å²) in [6, 6.07) is 11.5. The van der Waals surface area contributed by atoms with Crippen LogP contribution in [-0.2, 0) is 32.0 Å². The Hall–Kier alpha value is -3.68. The molecule has 1 N–H and O–H groups in total. The summed E-state index contributed by atoms with van der Waals surface area (Å²) in [5, 5.41) is 7.82. The monoisotopic (exact) mass is 466 g/mol. The third kappa shape index (κ3) is 6.01. The van der Waals surface area contributed by atoms with Crippen LogP contribution in [0.15, 0.2) is 47.3 Å². The first-order valence-electron chi connectivity index (χ1n) is 11.0. The molecule has 0 unspecified atom stereocenters. The van der Waals surface area contributed by atoms with Crippen LogP contribution in [0, 0.1) is 17.2 Å². The van der Waals surface area contributed by atoms with Gasteiger partial charge in [0.1, 0.15) is 11.6 Å². The topological polar surface area (TPSA) is 106 Å². The molecule has 0 aliphatic heterocycles. The molecule has 0 bridgehead atoms. The molecule has 2 aromatic carbocycles. The highest BCUT2D eigenvalue weighted by atomic mass is 19.1. The standard InChI is InChI=1S/C26H27FN2O5/c1-15(24(32)34-25(33)26(2,3)4)11-18(30)14-17-12-16(9-10-21(17)27)13-22-19-7-5-6-8-20(19)23(31)29-28-22/h5-10,12,15H,11,13-14H2,1-4H3,(H,29,31)/t15-/m0/s1. The fourth-order valence-electron chi connectivity index (χ4n) is 3.43. The minimum atomic E-state index is -0.838. The number of carbonyl (C=O) groups is 3. The van der Waals surface area contributed by atoms with E-state index in [1.807, 2.05) is 6.07 Å². The van der Waals surface area contributed by atoms with Gasteiger partial charge in [-0.2, -0.15) is 5.10 Å². The van der Waals surface area contributed by atoms with Crippen LogP contribution in [0.3, 0.4) is 0 Å². The summed E-state index contributed by atoms with van der Waals surface area (Å²) in [7, 11) is 0. The lowest BCUT2D eigenvalue weighted by Gasteiger charge is -2.17. The lowest BCUT2D eigenvalue weighted by molar-refractivity contribution is -0.168. The first kappa shape index (κ1) is 25.0. The summed E-state index contributed by atoms with van der Waals surface area (Å²) in [5.41, 5.74) is 0.412. The lowest BCUT2D eigenvalue weighted by Crippen LogP contribution is -2.29. The van der Waals surface area contributed by atoms with Gasteiger partial charge in [0.05, 0.1) is 22.4 Å². The molecule has 7 nitrogen and oxygen atoms in total. The van der Waals surface area contributed by atoms with Crippen LogP contribution in [0.5, 0.6) is 0 Å². The molecule has 1 heterocycles. The third-order valence-electron chi connectivity index (χ3n) is 5.39. The van der Waals surface area contributed by atoms with E-state index >= 15 is 0 Å². The molecular formula is C26H27FN2O5. The number of benzene rings is 2. The van der Waals surface area contributed by atoms with E-state index in [4.69, 9.17) is 4.74 Å². The summed E-state index contributed by atoms with van der Waals surface area (Å²) < 4.78 is 19.3. The van der Waals surface area contributed by atoms with Crippen LogP contribution >= 0.6 is 0 Å². The van der Waals surface area contributed by atoms with E-state index in [0.717, 1.165) is 5.56 Å². The zero-order chi connectivity index (χ0) is 25.0. The highest BCUT2D eigenvalue weighted by molar-refractivity contribution is 5.92. The van der Waals surface area contributed by atoms with Crippen molar-refractivity contribution in [2.75, 3.05) is 0 Å². The van der Waals surface area contributed by atoms with E-state index in [-0.39, 0.29) is 29.7 Å². The SMILES string of the molecule is C[C@@H](CC(=O)Cc1cc(Cc2n[nH]c(=O)c3ccccc23)ccc1F)C(=O)OC(=O)C(C)(C)C. The maximum Gasteiger partial charge on any atom is 0.318 e. The Kier molecular flexibility index (Phi) is 7.39. The van der Waals surface area contributed by atoms with Crippen LogP contribution < -0.4 is 5.56 Å². The van der Waals surface area contributed by atoms with E-state index < -0.39 is 29.1 Å². The van der Waals surface area contributed by atoms with Crippen LogP contribution in [0.1, 0.15) is 50.9 Å². The van der Waals surface area contributed by atoms with Gasteiger partial charge in [0, 0.05) is 24.6 Å². The maximum atomic E-state index is 14.4. The number of nitrogens with one attached hydrogen (secondary N) is 1. The van der Waals surface area contributed by atoms with E-state index in [1.54, 1.807) is 51.1 Å². The number of halogens is 1. The van der Waals surface area contributed by atoms with E-state index in [2.05, 4.69) is 10.2 Å². The predicted molar refractivity (Wildman–Crippen MR) is 125 cm³/mol. The van der Waals surface area contributed by atoms with Gasteiger partial charge in [0.15, 0.2) is 0 Å². The van der Waals surface area contributed by atoms with Crippen molar-refractivity contribution < 1.29 is 23.5 Å². The summed E-state index contributed by atoms with van der Waals surface area (Å²) >= 11 is 0.